The number of nitrogens with two attached hydrogens (primary N) is 1. The molecule has 1 aromatic heterocycles. The van der Waals surface area contributed by atoms with E-state index in [4.69, 9.17) is 17.3 Å². The maximum atomic E-state index is 5.98. The van der Waals surface area contributed by atoms with E-state index in [1.807, 2.05) is 6.07 Å². The lowest BCUT2D eigenvalue weighted by Gasteiger charge is -2.02. The van der Waals surface area contributed by atoms with Gasteiger partial charge in [0.05, 0.1) is 5.69 Å². The molecule has 0 bridgehead atoms. The highest BCUT2D eigenvalue weighted by molar-refractivity contribution is 6.31. The van der Waals surface area contributed by atoms with Crippen LogP contribution in [0.1, 0.15) is 25.2 Å². The summed E-state index contributed by atoms with van der Waals surface area (Å²) in [6.07, 6.45) is 1.86. The van der Waals surface area contributed by atoms with Gasteiger partial charge in [-0.05, 0) is 31.0 Å². The molecular weight excluding hydrogens is 234 g/mol. The number of nitrogens with one attached hydrogen (secondary N) is 1. The van der Waals surface area contributed by atoms with Gasteiger partial charge in [-0.3, -0.25) is 0 Å². The van der Waals surface area contributed by atoms with E-state index in [9.17, 15) is 0 Å². The Morgan fingerprint density at radius 1 is 1.29 bits per heavy atom. The van der Waals surface area contributed by atoms with Gasteiger partial charge in [-0.25, -0.2) is 4.98 Å². The number of halogens is 1. The Morgan fingerprint density at radius 3 is 2.65 bits per heavy atom. The van der Waals surface area contributed by atoms with Crippen molar-refractivity contribution in [1.82, 2.24) is 9.97 Å². The van der Waals surface area contributed by atoms with Gasteiger partial charge < -0.3 is 10.7 Å². The van der Waals surface area contributed by atoms with Crippen LogP contribution in [0.3, 0.4) is 0 Å². The van der Waals surface area contributed by atoms with Crippen LogP contribution in [0.25, 0.3) is 11.4 Å². The van der Waals surface area contributed by atoms with E-state index in [0.717, 1.165) is 29.9 Å². The van der Waals surface area contributed by atoms with Crippen molar-refractivity contribution in [2.24, 2.45) is 0 Å². The second-order valence-electron chi connectivity index (χ2n) is 3.95. The van der Waals surface area contributed by atoms with E-state index >= 15 is 0 Å². The van der Waals surface area contributed by atoms with Gasteiger partial charge in [0.15, 0.2) is 0 Å². The molecule has 0 amide bonds. The van der Waals surface area contributed by atoms with Crippen LogP contribution in [0.15, 0.2) is 18.2 Å². The minimum absolute atomic E-state index is 0.668. The van der Waals surface area contributed by atoms with Crippen molar-refractivity contribution in [3.63, 3.8) is 0 Å². The van der Waals surface area contributed by atoms with Crippen molar-refractivity contribution < 1.29 is 0 Å². The fourth-order valence-corrected chi connectivity index (χ4v) is 2.06. The van der Waals surface area contributed by atoms with Crippen LogP contribution in [0.2, 0.25) is 5.02 Å². The van der Waals surface area contributed by atoms with Crippen LogP contribution >= 0.6 is 11.6 Å². The number of nitrogen functional groups attached to an aromatic ring is 1. The second-order valence-corrected chi connectivity index (χ2v) is 4.39. The van der Waals surface area contributed by atoms with Gasteiger partial charge in [-0.15, -0.1) is 0 Å². The molecule has 0 unspecified atom stereocenters. The molecule has 0 aliphatic carbocycles. The Labute approximate surface area is 106 Å². The molecule has 1 aromatic carbocycles. The minimum atomic E-state index is 0.668. The third kappa shape index (κ3) is 2.29. The number of aromatic amines is 1. The Kier molecular flexibility index (Phi) is 3.38. The lowest BCUT2D eigenvalue weighted by Crippen LogP contribution is -1.91. The van der Waals surface area contributed by atoms with Crippen LogP contribution in [-0.4, -0.2) is 9.97 Å². The third-order valence-electron chi connectivity index (χ3n) is 2.82. The van der Waals surface area contributed by atoms with E-state index in [0.29, 0.717) is 10.7 Å². The van der Waals surface area contributed by atoms with E-state index in [-0.39, 0.29) is 0 Å². The lowest BCUT2D eigenvalue weighted by atomic mass is 10.2. The van der Waals surface area contributed by atoms with Crippen LogP contribution in [0.5, 0.6) is 0 Å². The molecule has 2 aromatic rings. The highest BCUT2D eigenvalue weighted by Gasteiger charge is 2.11. The zero-order chi connectivity index (χ0) is 12.4. The fraction of sp³-hybridized carbons (Fsp3) is 0.308. The number of H-pyrrole nitrogens is 1. The van der Waals surface area contributed by atoms with Gasteiger partial charge in [0.25, 0.3) is 0 Å². The number of nitrogens with zero attached hydrogens (tertiary/aromatic N) is 1. The number of imidazole rings is 1. The summed E-state index contributed by atoms with van der Waals surface area (Å²) in [6.45, 7) is 4.21. The van der Waals surface area contributed by atoms with Gasteiger partial charge in [-0.1, -0.05) is 25.4 Å². The highest BCUT2D eigenvalue weighted by atomic mass is 35.5. The first-order chi connectivity index (χ1) is 8.15. The molecule has 0 spiro atoms. The summed E-state index contributed by atoms with van der Waals surface area (Å²) in [7, 11) is 0. The summed E-state index contributed by atoms with van der Waals surface area (Å²) in [6, 6.07) is 5.43. The summed E-state index contributed by atoms with van der Waals surface area (Å²) in [5.74, 6) is 0.804. The maximum Gasteiger partial charge on any atom is 0.139 e. The van der Waals surface area contributed by atoms with Crippen molar-refractivity contribution in [2.45, 2.75) is 26.7 Å². The van der Waals surface area contributed by atoms with E-state index < -0.39 is 0 Å². The molecule has 0 aliphatic rings. The van der Waals surface area contributed by atoms with Gasteiger partial charge in [0.1, 0.15) is 5.82 Å². The van der Waals surface area contributed by atoms with Crippen molar-refractivity contribution >= 4 is 17.3 Å². The number of aryl methyl sites for hydroxylation is 2. The SMILES string of the molecule is CCc1nc(-c2cc(Cl)ccc2N)[nH]c1CC. The Bertz CT molecular complexity index is 510. The Balaban J connectivity index is 2.52. The van der Waals surface area contributed by atoms with Crippen LogP contribution in [0, 0.1) is 0 Å². The molecule has 3 N–H and O–H groups in total. The summed E-state index contributed by atoms with van der Waals surface area (Å²) < 4.78 is 0. The van der Waals surface area contributed by atoms with Crippen molar-refractivity contribution in [1.29, 1.82) is 0 Å². The highest BCUT2D eigenvalue weighted by Crippen LogP contribution is 2.27. The maximum absolute atomic E-state index is 5.98. The minimum Gasteiger partial charge on any atom is -0.398 e. The monoisotopic (exact) mass is 249 g/mol. The molecule has 1 heterocycles. The average molecular weight is 250 g/mol. The zero-order valence-corrected chi connectivity index (χ0v) is 10.8. The summed E-state index contributed by atoms with van der Waals surface area (Å²) in [4.78, 5) is 7.89. The molecule has 0 saturated heterocycles. The van der Waals surface area contributed by atoms with Crippen molar-refractivity contribution in [2.75, 3.05) is 5.73 Å². The number of aromatic nitrogens is 2. The average Bonchev–Trinajstić information content (AvgIpc) is 2.75. The fourth-order valence-electron chi connectivity index (χ4n) is 1.89. The van der Waals surface area contributed by atoms with Crippen molar-refractivity contribution in [3.05, 3.63) is 34.6 Å². The first-order valence-electron chi connectivity index (χ1n) is 5.78. The molecule has 0 fully saturated rings. The zero-order valence-electron chi connectivity index (χ0n) is 10.0. The first kappa shape index (κ1) is 12.0. The van der Waals surface area contributed by atoms with Gasteiger partial charge in [0, 0.05) is 22.0 Å². The van der Waals surface area contributed by atoms with Gasteiger partial charge >= 0.3 is 0 Å². The summed E-state index contributed by atoms with van der Waals surface area (Å²) in [5, 5.41) is 0.668. The normalized spacial score (nSPS) is 10.8. The second kappa shape index (κ2) is 4.80. The molecule has 0 atom stereocenters. The number of hydrogen-bond donors (Lipinski definition) is 2. The van der Waals surface area contributed by atoms with E-state index in [1.165, 1.54) is 5.69 Å². The molecule has 0 aliphatic heterocycles. The van der Waals surface area contributed by atoms with E-state index in [2.05, 4.69) is 23.8 Å². The number of hydrogen-bond acceptors (Lipinski definition) is 2. The quantitative estimate of drug-likeness (QED) is 0.819. The number of rotatable bonds is 3. The largest absolute Gasteiger partial charge is 0.398 e. The summed E-state index contributed by atoms with van der Waals surface area (Å²) >= 11 is 5.98. The number of anilines is 1. The Hall–Kier alpha value is -1.48. The molecule has 0 saturated carbocycles. The van der Waals surface area contributed by atoms with Gasteiger partial charge in [0.2, 0.25) is 0 Å². The van der Waals surface area contributed by atoms with Crippen LogP contribution in [0.4, 0.5) is 5.69 Å². The summed E-state index contributed by atoms with van der Waals surface area (Å²) in [5.41, 5.74) is 9.77. The molecule has 2 rings (SSSR count). The standard InChI is InChI=1S/C13H16ClN3/c1-3-11-12(4-2)17-13(16-11)9-7-8(14)5-6-10(9)15/h5-7H,3-4,15H2,1-2H3,(H,16,17). The molecule has 3 nitrogen and oxygen atoms in total. The van der Waals surface area contributed by atoms with Crippen molar-refractivity contribution in [3.8, 4) is 11.4 Å². The number of benzene rings is 1. The molecular formula is C13H16ClN3. The third-order valence-corrected chi connectivity index (χ3v) is 3.06. The molecule has 4 heteroatoms. The van der Waals surface area contributed by atoms with Crippen LogP contribution in [-0.2, 0) is 12.8 Å². The predicted molar refractivity (Wildman–Crippen MR) is 72.2 cm³/mol. The van der Waals surface area contributed by atoms with Crippen LogP contribution < -0.4 is 5.73 Å². The lowest BCUT2D eigenvalue weighted by molar-refractivity contribution is 0.979. The smallest absolute Gasteiger partial charge is 0.139 e. The first-order valence-corrected chi connectivity index (χ1v) is 6.16. The molecule has 17 heavy (non-hydrogen) atoms. The predicted octanol–water partition coefficient (Wildman–Crippen LogP) is 3.44. The van der Waals surface area contributed by atoms with E-state index in [1.54, 1.807) is 12.1 Å². The van der Waals surface area contributed by atoms with Gasteiger partial charge in [-0.2, -0.15) is 0 Å². The Morgan fingerprint density at radius 2 is 2.06 bits per heavy atom. The topological polar surface area (TPSA) is 54.7 Å². The molecule has 90 valence electrons. The molecule has 0 radical (unpaired) electrons.